The van der Waals surface area contributed by atoms with E-state index in [4.69, 9.17) is 0 Å². The quantitative estimate of drug-likeness (QED) is 0.704. The molecule has 0 spiro atoms. The lowest BCUT2D eigenvalue weighted by molar-refractivity contribution is 1.05. The van der Waals surface area contributed by atoms with E-state index in [1.54, 1.807) is 11.3 Å². The summed E-state index contributed by atoms with van der Waals surface area (Å²) in [4.78, 5) is 4.65. The van der Waals surface area contributed by atoms with Crippen LogP contribution in [0.5, 0.6) is 0 Å². The van der Waals surface area contributed by atoms with Crippen LogP contribution in [0.2, 0.25) is 0 Å². The second-order valence-corrected chi connectivity index (χ2v) is 4.54. The first-order valence-corrected chi connectivity index (χ1v) is 6.12. The van der Waals surface area contributed by atoms with Gasteiger partial charge in [0, 0.05) is 0 Å². The van der Waals surface area contributed by atoms with Gasteiger partial charge in [-0.2, -0.15) is 0 Å². The molecule has 2 heteroatoms. The van der Waals surface area contributed by atoms with Gasteiger partial charge in [0.05, 0.1) is 9.88 Å². The molecule has 1 heterocycles. The zero-order valence-corrected chi connectivity index (χ0v) is 9.97. The van der Waals surface area contributed by atoms with Gasteiger partial charge in [-0.3, -0.25) is 0 Å². The lowest BCUT2D eigenvalue weighted by Crippen LogP contribution is -2.19. The highest BCUT2D eigenvalue weighted by Gasteiger charge is 2.06. The van der Waals surface area contributed by atoms with Crippen LogP contribution >= 0.6 is 11.3 Å². The average Bonchev–Trinajstić information content (AvgIpc) is 2.73. The van der Waals surface area contributed by atoms with Crippen LogP contribution in [0.4, 0.5) is 0 Å². The Balaban J connectivity index is 2.51. The Morgan fingerprint density at radius 3 is 2.73 bits per heavy atom. The zero-order chi connectivity index (χ0) is 10.7. The Hall–Kier alpha value is -1.15. The van der Waals surface area contributed by atoms with Gasteiger partial charge in [-0.25, -0.2) is 4.98 Å². The van der Waals surface area contributed by atoms with Gasteiger partial charge in [0.2, 0.25) is 0 Å². The van der Waals surface area contributed by atoms with Crippen LogP contribution in [0.25, 0.3) is 17.7 Å². The van der Waals surface area contributed by atoms with Crippen molar-refractivity contribution in [1.82, 2.24) is 4.98 Å². The summed E-state index contributed by atoms with van der Waals surface area (Å²) in [5.41, 5.74) is 1.37. The molecular formula is C13H15NS. The van der Waals surface area contributed by atoms with Gasteiger partial charge in [0.25, 0.3) is 0 Å². The highest BCUT2D eigenvalue weighted by molar-refractivity contribution is 7.10. The molecule has 0 saturated heterocycles. The first kappa shape index (κ1) is 10.4. The van der Waals surface area contributed by atoms with Crippen molar-refractivity contribution in [2.45, 2.75) is 26.7 Å². The Morgan fingerprint density at radius 1 is 1.33 bits per heavy atom. The minimum atomic E-state index is 1.12. The number of rotatable bonds is 1. The third-order valence-corrected chi connectivity index (χ3v) is 3.72. The van der Waals surface area contributed by atoms with Gasteiger partial charge in [-0.15, -0.1) is 11.3 Å². The molecule has 0 bridgehead atoms. The Morgan fingerprint density at radius 2 is 2.20 bits per heavy atom. The molecule has 1 nitrogen and oxygen atoms in total. The van der Waals surface area contributed by atoms with Gasteiger partial charge in [0.1, 0.15) is 5.01 Å². The SMILES string of the molecule is C/C=c1/nc(C2=CC=CCC2)s/c1=C/C. The Kier molecular flexibility index (Phi) is 3.17. The number of thiazole rings is 1. The highest BCUT2D eigenvalue weighted by Crippen LogP contribution is 2.22. The monoisotopic (exact) mass is 217 g/mol. The molecule has 1 aromatic rings. The molecule has 0 unspecified atom stereocenters. The van der Waals surface area contributed by atoms with E-state index in [9.17, 15) is 0 Å². The van der Waals surface area contributed by atoms with Crippen LogP contribution in [0.3, 0.4) is 0 Å². The predicted octanol–water partition coefficient (Wildman–Crippen LogP) is 2.48. The van der Waals surface area contributed by atoms with E-state index in [0.29, 0.717) is 0 Å². The summed E-state index contributed by atoms with van der Waals surface area (Å²) < 4.78 is 1.28. The lowest BCUT2D eigenvalue weighted by atomic mass is 10.1. The van der Waals surface area contributed by atoms with E-state index in [-0.39, 0.29) is 0 Å². The summed E-state index contributed by atoms with van der Waals surface area (Å²) in [6.45, 7) is 4.11. The highest BCUT2D eigenvalue weighted by atomic mass is 32.1. The molecule has 0 amide bonds. The fourth-order valence-electron chi connectivity index (χ4n) is 1.68. The predicted molar refractivity (Wildman–Crippen MR) is 68.0 cm³/mol. The molecule has 1 aliphatic carbocycles. The van der Waals surface area contributed by atoms with Crippen LogP contribution < -0.4 is 9.88 Å². The number of hydrogen-bond acceptors (Lipinski definition) is 2. The average molecular weight is 217 g/mol. The molecular weight excluding hydrogens is 202 g/mol. The van der Waals surface area contributed by atoms with Crippen molar-refractivity contribution < 1.29 is 0 Å². The minimum absolute atomic E-state index is 1.12. The van der Waals surface area contributed by atoms with Crippen LogP contribution in [-0.2, 0) is 0 Å². The Labute approximate surface area is 94.2 Å². The Bertz CT molecular complexity index is 486. The van der Waals surface area contributed by atoms with Crippen LogP contribution in [0.15, 0.2) is 18.2 Å². The maximum atomic E-state index is 4.65. The molecule has 15 heavy (non-hydrogen) atoms. The first-order chi connectivity index (χ1) is 7.35. The van der Waals surface area contributed by atoms with Crippen molar-refractivity contribution in [3.63, 3.8) is 0 Å². The molecule has 0 saturated carbocycles. The van der Waals surface area contributed by atoms with Crippen molar-refractivity contribution in [2.75, 3.05) is 0 Å². The molecule has 0 aromatic carbocycles. The fourth-order valence-corrected chi connectivity index (χ4v) is 2.71. The van der Waals surface area contributed by atoms with Gasteiger partial charge in [-0.05, 0) is 32.3 Å². The largest absolute Gasteiger partial charge is 0.237 e. The second-order valence-electron chi connectivity index (χ2n) is 3.50. The van der Waals surface area contributed by atoms with Crippen LogP contribution in [0, 0.1) is 0 Å². The number of nitrogens with zero attached hydrogens (tertiary/aromatic N) is 1. The van der Waals surface area contributed by atoms with E-state index >= 15 is 0 Å². The molecule has 2 rings (SSSR count). The van der Waals surface area contributed by atoms with Crippen LogP contribution in [-0.4, -0.2) is 4.98 Å². The van der Waals surface area contributed by atoms with Gasteiger partial charge >= 0.3 is 0 Å². The van der Waals surface area contributed by atoms with Gasteiger partial charge in [-0.1, -0.05) is 30.4 Å². The first-order valence-electron chi connectivity index (χ1n) is 5.30. The second kappa shape index (κ2) is 4.58. The summed E-state index contributed by atoms with van der Waals surface area (Å²) in [7, 11) is 0. The summed E-state index contributed by atoms with van der Waals surface area (Å²) >= 11 is 1.79. The van der Waals surface area contributed by atoms with Gasteiger partial charge in [0.15, 0.2) is 0 Å². The standard InChI is InChI=1S/C13H15NS/c1-3-11-12(4-2)15-13(14-11)10-8-6-5-7-9-10/h3-6,8H,7,9H2,1-2H3/b11-3+,12-4+. The summed E-state index contributed by atoms with van der Waals surface area (Å²) in [6, 6.07) is 0. The maximum absolute atomic E-state index is 4.65. The fraction of sp³-hybridized carbons (Fsp3) is 0.308. The smallest absolute Gasteiger partial charge is 0.120 e. The summed E-state index contributed by atoms with van der Waals surface area (Å²) in [6.07, 6.45) is 13.0. The lowest BCUT2D eigenvalue weighted by Gasteiger charge is -2.03. The molecule has 78 valence electrons. The molecule has 0 N–H and O–H groups in total. The normalized spacial score (nSPS) is 18.4. The van der Waals surface area contributed by atoms with Crippen molar-refractivity contribution in [1.29, 1.82) is 0 Å². The topological polar surface area (TPSA) is 12.9 Å². The zero-order valence-electron chi connectivity index (χ0n) is 9.16. The third kappa shape index (κ3) is 2.10. The molecule has 1 aliphatic rings. The summed E-state index contributed by atoms with van der Waals surface area (Å²) in [5, 5.41) is 2.30. The molecule has 0 atom stereocenters. The molecule has 0 fully saturated rings. The van der Waals surface area contributed by atoms with Crippen molar-refractivity contribution >= 4 is 29.1 Å². The van der Waals surface area contributed by atoms with E-state index in [1.807, 2.05) is 6.92 Å². The van der Waals surface area contributed by atoms with E-state index in [2.05, 4.69) is 42.3 Å². The van der Waals surface area contributed by atoms with Crippen molar-refractivity contribution in [3.05, 3.63) is 33.1 Å². The number of allylic oxidation sites excluding steroid dienone is 4. The van der Waals surface area contributed by atoms with Crippen LogP contribution in [0.1, 0.15) is 31.7 Å². The van der Waals surface area contributed by atoms with E-state index < -0.39 is 0 Å². The van der Waals surface area contributed by atoms with Crippen molar-refractivity contribution in [2.24, 2.45) is 0 Å². The van der Waals surface area contributed by atoms with E-state index in [1.165, 1.54) is 15.1 Å². The molecule has 0 radical (unpaired) electrons. The maximum Gasteiger partial charge on any atom is 0.120 e. The molecule has 1 aromatic heterocycles. The number of aromatic nitrogens is 1. The third-order valence-electron chi connectivity index (χ3n) is 2.51. The molecule has 0 aliphatic heterocycles. The van der Waals surface area contributed by atoms with Gasteiger partial charge < -0.3 is 0 Å². The van der Waals surface area contributed by atoms with E-state index in [0.717, 1.165) is 18.2 Å². The van der Waals surface area contributed by atoms with Crippen molar-refractivity contribution in [3.8, 4) is 0 Å². The summed E-state index contributed by atoms with van der Waals surface area (Å²) in [5.74, 6) is 0. The number of hydrogen-bond donors (Lipinski definition) is 0. The minimum Gasteiger partial charge on any atom is -0.237 e.